The Balaban J connectivity index is 2.50. The Hall–Kier alpha value is -2.27. The average molecular weight is 262 g/mol. The van der Waals surface area contributed by atoms with Crippen LogP contribution in [0.3, 0.4) is 0 Å². The summed E-state index contributed by atoms with van der Waals surface area (Å²) in [6, 6.07) is 11.1. The van der Waals surface area contributed by atoms with Crippen molar-refractivity contribution in [2.75, 3.05) is 0 Å². The lowest BCUT2D eigenvalue weighted by molar-refractivity contribution is -0.366. The van der Waals surface area contributed by atoms with Crippen LogP contribution in [0.15, 0.2) is 53.8 Å². The highest BCUT2D eigenvalue weighted by Gasteiger charge is 2.13. The SMILES string of the molecule is O=N/C(c1ccc(Cl)cc1)=[N+](/[O-])c1ccccn1. The number of nitrogens with zero attached hydrogens (tertiary/aromatic N) is 3. The Morgan fingerprint density at radius 2 is 1.94 bits per heavy atom. The normalized spacial score (nSPS) is 11.8. The molecule has 90 valence electrons. The van der Waals surface area contributed by atoms with E-state index in [0.29, 0.717) is 15.3 Å². The van der Waals surface area contributed by atoms with Crippen molar-refractivity contribution < 1.29 is 4.74 Å². The van der Waals surface area contributed by atoms with Crippen molar-refractivity contribution in [3.63, 3.8) is 0 Å². The van der Waals surface area contributed by atoms with Gasteiger partial charge in [-0.15, -0.1) is 4.98 Å². The van der Waals surface area contributed by atoms with E-state index in [1.54, 1.807) is 36.4 Å². The van der Waals surface area contributed by atoms with Crippen LogP contribution in [0.25, 0.3) is 0 Å². The van der Waals surface area contributed by atoms with Crippen LogP contribution in [0, 0.1) is 10.1 Å². The molecule has 0 fully saturated rings. The minimum atomic E-state index is -0.259. The molecule has 2 rings (SSSR count). The summed E-state index contributed by atoms with van der Waals surface area (Å²) < 4.78 is 0.385. The molecule has 0 saturated heterocycles. The van der Waals surface area contributed by atoms with Gasteiger partial charge in [0.2, 0.25) is 0 Å². The zero-order valence-electron chi connectivity index (χ0n) is 9.15. The largest absolute Gasteiger partial charge is 0.740 e. The Morgan fingerprint density at radius 3 is 2.50 bits per heavy atom. The van der Waals surface area contributed by atoms with E-state index in [0.717, 1.165) is 0 Å². The van der Waals surface area contributed by atoms with Crippen molar-refractivity contribution in [1.82, 2.24) is 4.98 Å². The van der Waals surface area contributed by atoms with Gasteiger partial charge in [-0.2, -0.15) is 0 Å². The molecule has 18 heavy (non-hydrogen) atoms. The van der Waals surface area contributed by atoms with E-state index in [-0.39, 0.29) is 11.7 Å². The molecule has 1 aromatic heterocycles. The van der Waals surface area contributed by atoms with E-state index >= 15 is 0 Å². The van der Waals surface area contributed by atoms with Gasteiger partial charge in [-0.25, -0.2) is 4.74 Å². The predicted octanol–water partition coefficient (Wildman–Crippen LogP) is 3.09. The predicted molar refractivity (Wildman–Crippen MR) is 68.9 cm³/mol. The molecule has 0 unspecified atom stereocenters. The highest BCUT2D eigenvalue weighted by atomic mass is 35.5. The van der Waals surface area contributed by atoms with Crippen molar-refractivity contribution in [3.05, 3.63) is 69.4 Å². The maximum atomic E-state index is 12.0. The van der Waals surface area contributed by atoms with Gasteiger partial charge in [-0.05, 0) is 30.3 Å². The quantitative estimate of drug-likeness (QED) is 0.208. The highest BCUT2D eigenvalue weighted by Crippen LogP contribution is 2.13. The molecular weight excluding hydrogens is 254 g/mol. The molecule has 6 heteroatoms. The zero-order chi connectivity index (χ0) is 13.0. The number of hydrogen-bond acceptors (Lipinski definition) is 3. The molecule has 5 nitrogen and oxygen atoms in total. The number of hydrogen-bond donors (Lipinski definition) is 0. The molecule has 0 aliphatic carbocycles. The van der Waals surface area contributed by atoms with E-state index in [1.807, 2.05) is 0 Å². The van der Waals surface area contributed by atoms with Gasteiger partial charge >= 0.3 is 5.84 Å². The second-order valence-electron chi connectivity index (χ2n) is 3.40. The van der Waals surface area contributed by atoms with Crippen molar-refractivity contribution in [1.29, 1.82) is 0 Å². The first-order valence-corrected chi connectivity index (χ1v) is 5.44. The standard InChI is InChI=1S/C12H8ClN3O2/c13-10-6-4-9(5-7-10)12(15-17)16(18)11-3-1-2-8-14-11/h1-8H/b16-12+. The van der Waals surface area contributed by atoms with Gasteiger partial charge in [0, 0.05) is 11.1 Å². The van der Waals surface area contributed by atoms with Crippen molar-refractivity contribution in [2.24, 2.45) is 5.18 Å². The first-order chi connectivity index (χ1) is 8.72. The van der Waals surface area contributed by atoms with Crippen molar-refractivity contribution in [2.45, 2.75) is 0 Å². The Bertz CT molecular complexity index is 582. The fourth-order valence-electron chi connectivity index (χ4n) is 1.39. The lowest BCUT2D eigenvalue weighted by Crippen LogP contribution is -2.11. The maximum absolute atomic E-state index is 12.0. The molecule has 0 bridgehead atoms. The van der Waals surface area contributed by atoms with E-state index in [1.165, 1.54) is 12.3 Å². The highest BCUT2D eigenvalue weighted by molar-refractivity contribution is 6.30. The summed E-state index contributed by atoms with van der Waals surface area (Å²) in [4.78, 5) is 14.7. The summed E-state index contributed by atoms with van der Waals surface area (Å²) in [7, 11) is 0. The second kappa shape index (κ2) is 5.37. The van der Waals surface area contributed by atoms with E-state index in [2.05, 4.69) is 10.2 Å². The van der Waals surface area contributed by atoms with E-state index < -0.39 is 0 Å². The molecular formula is C12H8ClN3O2. The number of amidine groups is 1. The van der Waals surface area contributed by atoms with Crippen molar-refractivity contribution in [3.8, 4) is 0 Å². The van der Waals surface area contributed by atoms with Crippen LogP contribution in [0.5, 0.6) is 0 Å². The summed E-state index contributed by atoms with van der Waals surface area (Å²) >= 11 is 5.73. The molecule has 0 spiro atoms. The smallest absolute Gasteiger partial charge is 0.319 e. The summed E-state index contributed by atoms with van der Waals surface area (Å²) in [6.07, 6.45) is 1.46. The molecule has 0 saturated carbocycles. The van der Waals surface area contributed by atoms with E-state index in [4.69, 9.17) is 11.6 Å². The van der Waals surface area contributed by atoms with Gasteiger partial charge < -0.3 is 5.21 Å². The lowest BCUT2D eigenvalue weighted by atomic mass is 10.2. The molecule has 0 N–H and O–H groups in total. The summed E-state index contributed by atoms with van der Waals surface area (Å²) in [5, 5.41) is 15.2. The summed E-state index contributed by atoms with van der Waals surface area (Å²) in [6.45, 7) is 0. The monoisotopic (exact) mass is 261 g/mol. The Morgan fingerprint density at radius 1 is 1.22 bits per heavy atom. The zero-order valence-corrected chi connectivity index (χ0v) is 9.91. The van der Waals surface area contributed by atoms with Gasteiger partial charge in [-0.3, -0.25) is 0 Å². The number of rotatable bonds is 2. The molecule has 0 aliphatic heterocycles. The number of aromatic nitrogens is 1. The molecule has 1 heterocycles. The summed E-state index contributed by atoms with van der Waals surface area (Å²) in [5.74, 6) is -0.160. The first-order valence-electron chi connectivity index (χ1n) is 5.07. The third-order valence-electron chi connectivity index (χ3n) is 2.24. The molecule has 2 aromatic rings. The average Bonchev–Trinajstić information content (AvgIpc) is 2.42. The first kappa shape index (κ1) is 12.2. The van der Waals surface area contributed by atoms with Crippen LogP contribution in [-0.2, 0) is 0 Å². The van der Waals surface area contributed by atoms with Crippen LogP contribution in [0.1, 0.15) is 5.56 Å². The number of pyridine rings is 1. The van der Waals surface area contributed by atoms with Crippen molar-refractivity contribution >= 4 is 23.3 Å². The topological polar surface area (TPSA) is 68.4 Å². The molecule has 0 atom stereocenters. The minimum Gasteiger partial charge on any atom is -0.740 e. The van der Waals surface area contributed by atoms with Gasteiger partial charge in [0.1, 0.15) is 11.4 Å². The fraction of sp³-hybridized carbons (Fsp3) is 0. The van der Waals surface area contributed by atoms with Crippen LogP contribution < -0.4 is 0 Å². The minimum absolute atomic E-state index is 0.0991. The molecule has 0 aliphatic rings. The van der Waals surface area contributed by atoms with Crippen LogP contribution >= 0.6 is 11.6 Å². The van der Waals surface area contributed by atoms with Crippen LogP contribution in [0.4, 0.5) is 5.82 Å². The van der Waals surface area contributed by atoms with Crippen LogP contribution in [0.2, 0.25) is 5.02 Å². The Kier molecular flexibility index (Phi) is 3.64. The Labute approximate surface area is 108 Å². The third kappa shape index (κ3) is 2.52. The lowest BCUT2D eigenvalue weighted by Gasteiger charge is -2.09. The number of nitroso groups, excluding NO2 is 1. The fourth-order valence-corrected chi connectivity index (χ4v) is 1.51. The third-order valence-corrected chi connectivity index (χ3v) is 2.49. The molecule has 0 radical (unpaired) electrons. The van der Waals surface area contributed by atoms with Gasteiger partial charge in [0.05, 0.1) is 5.56 Å². The van der Waals surface area contributed by atoms with Gasteiger partial charge in [0.15, 0.2) is 0 Å². The van der Waals surface area contributed by atoms with E-state index in [9.17, 15) is 10.1 Å². The maximum Gasteiger partial charge on any atom is 0.319 e. The van der Waals surface area contributed by atoms with Crippen LogP contribution in [-0.4, -0.2) is 15.6 Å². The van der Waals surface area contributed by atoms with Gasteiger partial charge in [0.25, 0.3) is 5.82 Å². The molecule has 0 amide bonds. The summed E-state index contributed by atoms with van der Waals surface area (Å²) in [5.41, 5.74) is 0.384. The van der Waals surface area contributed by atoms with Gasteiger partial charge in [-0.1, -0.05) is 22.6 Å². The molecule has 1 aromatic carbocycles. The second-order valence-corrected chi connectivity index (χ2v) is 3.84. The number of benzene rings is 1. The number of halogens is 1.